The lowest BCUT2D eigenvalue weighted by Crippen LogP contribution is -2.38. The van der Waals surface area contributed by atoms with Crippen molar-refractivity contribution in [2.75, 3.05) is 26.7 Å². The Bertz CT molecular complexity index is 771. The Balaban J connectivity index is 2.18. The van der Waals surface area contributed by atoms with Crippen LogP contribution in [0.4, 0.5) is 0 Å². The van der Waals surface area contributed by atoms with E-state index in [2.05, 4.69) is 25.5 Å². The first-order valence-electron chi connectivity index (χ1n) is 10.8. The molecule has 2 rings (SSSR count). The molecule has 1 aromatic rings. The van der Waals surface area contributed by atoms with Gasteiger partial charge in [0.05, 0.1) is 17.6 Å². The fraction of sp³-hybridized carbons (Fsp3) is 0.682. The monoisotopic (exact) mass is 424 g/mol. The van der Waals surface area contributed by atoms with Gasteiger partial charge in [-0.05, 0) is 49.3 Å². The van der Waals surface area contributed by atoms with Crippen molar-refractivity contribution in [1.29, 1.82) is 0 Å². The highest BCUT2D eigenvalue weighted by atomic mass is 32.2. The predicted octanol–water partition coefficient (Wildman–Crippen LogP) is 4.06. The molecule has 1 unspecified atom stereocenters. The smallest absolute Gasteiger partial charge is 0.257 e. The summed E-state index contributed by atoms with van der Waals surface area (Å²) in [4.78, 5) is 14.9. The number of likely N-dealkylation sites (tertiary alicyclic amines) is 1. The minimum Gasteiger partial charge on any atom is -0.496 e. The number of sulfonamides is 1. The van der Waals surface area contributed by atoms with Gasteiger partial charge in [-0.25, -0.2) is 13.1 Å². The number of nitrogens with zero attached hydrogens (tertiary/aromatic N) is 1. The molecule has 1 atom stereocenters. The van der Waals surface area contributed by atoms with Gasteiger partial charge >= 0.3 is 0 Å². The first kappa shape index (κ1) is 23.7. The van der Waals surface area contributed by atoms with E-state index < -0.39 is 10.0 Å². The summed E-state index contributed by atoms with van der Waals surface area (Å²) in [6, 6.07) is 4.53. The van der Waals surface area contributed by atoms with Crippen molar-refractivity contribution in [3.05, 3.63) is 23.8 Å². The summed E-state index contributed by atoms with van der Waals surface area (Å²) < 4.78 is 33.8. The van der Waals surface area contributed by atoms with Crippen molar-refractivity contribution < 1.29 is 17.9 Å². The van der Waals surface area contributed by atoms with E-state index >= 15 is 0 Å². The quantitative estimate of drug-likeness (QED) is 0.614. The number of carbonyl (C=O) groups excluding carboxylic acids is 1. The Morgan fingerprint density at radius 3 is 2.55 bits per heavy atom. The fourth-order valence-electron chi connectivity index (χ4n) is 3.66. The highest BCUT2D eigenvalue weighted by Gasteiger charge is 2.26. The van der Waals surface area contributed by atoms with Crippen molar-refractivity contribution in [3.8, 4) is 5.75 Å². The Labute approximate surface area is 176 Å². The lowest BCUT2D eigenvalue weighted by Gasteiger charge is -2.30. The van der Waals surface area contributed by atoms with Crippen molar-refractivity contribution in [1.82, 2.24) is 9.62 Å². The van der Waals surface area contributed by atoms with E-state index in [4.69, 9.17) is 4.74 Å². The van der Waals surface area contributed by atoms with Crippen molar-refractivity contribution in [3.63, 3.8) is 0 Å². The number of rotatable bonds is 10. The molecule has 1 amide bonds. The SMILES string of the molecule is CCCCC(CC)CNS(=O)(=O)c1ccc(OC)c(C(=O)N2CCC(C)CC2)c1. The molecule has 1 aromatic carbocycles. The van der Waals surface area contributed by atoms with Crippen LogP contribution in [-0.2, 0) is 10.0 Å². The lowest BCUT2D eigenvalue weighted by molar-refractivity contribution is 0.0693. The normalized spacial score (nSPS) is 16.6. The maximum atomic E-state index is 13.0. The molecule has 1 aliphatic heterocycles. The Hall–Kier alpha value is -1.60. The Kier molecular flexibility index (Phi) is 8.96. The molecule has 29 heavy (non-hydrogen) atoms. The van der Waals surface area contributed by atoms with Crippen LogP contribution in [-0.4, -0.2) is 46.0 Å². The van der Waals surface area contributed by atoms with E-state index in [1.807, 2.05) is 0 Å². The third kappa shape index (κ3) is 6.44. The van der Waals surface area contributed by atoms with Gasteiger partial charge in [0.25, 0.3) is 5.91 Å². The molecule has 0 saturated carbocycles. The van der Waals surface area contributed by atoms with Crippen molar-refractivity contribution in [2.45, 2.75) is 64.2 Å². The maximum Gasteiger partial charge on any atom is 0.257 e. The van der Waals surface area contributed by atoms with Gasteiger partial charge in [0.2, 0.25) is 10.0 Å². The van der Waals surface area contributed by atoms with Crippen LogP contribution in [0.5, 0.6) is 5.75 Å². The molecule has 1 saturated heterocycles. The van der Waals surface area contributed by atoms with Gasteiger partial charge in [-0.3, -0.25) is 4.79 Å². The first-order valence-corrected chi connectivity index (χ1v) is 12.3. The molecule has 1 N–H and O–H groups in total. The van der Waals surface area contributed by atoms with Crippen LogP contribution in [0.3, 0.4) is 0 Å². The minimum atomic E-state index is -3.69. The van der Waals surface area contributed by atoms with Gasteiger partial charge in [0.15, 0.2) is 0 Å². The molecule has 1 aliphatic rings. The number of piperidine rings is 1. The van der Waals surface area contributed by atoms with Crippen LogP contribution in [0.25, 0.3) is 0 Å². The minimum absolute atomic E-state index is 0.109. The summed E-state index contributed by atoms with van der Waals surface area (Å²) >= 11 is 0. The van der Waals surface area contributed by atoms with E-state index in [1.165, 1.54) is 19.2 Å². The summed E-state index contributed by atoms with van der Waals surface area (Å²) in [5.74, 6) is 1.16. The molecule has 0 bridgehead atoms. The average Bonchev–Trinajstić information content (AvgIpc) is 2.73. The van der Waals surface area contributed by atoms with Crippen LogP contribution in [0.15, 0.2) is 23.1 Å². The van der Waals surface area contributed by atoms with E-state index in [0.717, 1.165) is 38.5 Å². The summed E-state index contributed by atoms with van der Waals surface area (Å²) in [7, 11) is -2.19. The van der Waals surface area contributed by atoms with Crippen LogP contribution >= 0.6 is 0 Å². The van der Waals surface area contributed by atoms with E-state index in [1.54, 1.807) is 11.0 Å². The third-order valence-electron chi connectivity index (χ3n) is 5.89. The highest BCUT2D eigenvalue weighted by Crippen LogP contribution is 2.26. The largest absolute Gasteiger partial charge is 0.496 e. The van der Waals surface area contributed by atoms with Gasteiger partial charge in [0.1, 0.15) is 5.75 Å². The predicted molar refractivity (Wildman–Crippen MR) is 116 cm³/mol. The van der Waals surface area contributed by atoms with Gasteiger partial charge in [-0.2, -0.15) is 0 Å². The second-order valence-corrected chi connectivity index (χ2v) is 9.87. The number of methoxy groups -OCH3 is 1. The number of nitrogens with one attached hydrogen (secondary N) is 1. The number of hydrogen-bond donors (Lipinski definition) is 1. The first-order chi connectivity index (χ1) is 13.8. The van der Waals surface area contributed by atoms with Crippen LogP contribution < -0.4 is 9.46 Å². The maximum absolute atomic E-state index is 13.0. The molecule has 7 heteroatoms. The zero-order valence-electron chi connectivity index (χ0n) is 18.2. The second kappa shape index (κ2) is 11.0. The summed E-state index contributed by atoms with van der Waals surface area (Å²) in [6.07, 6.45) is 6.06. The number of hydrogen-bond acceptors (Lipinski definition) is 4. The number of amides is 1. The summed E-state index contributed by atoms with van der Waals surface area (Å²) in [5, 5.41) is 0. The van der Waals surface area contributed by atoms with Crippen LogP contribution in [0.1, 0.15) is 69.7 Å². The molecule has 1 fully saturated rings. The van der Waals surface area contributed by atoms with E-state index in [0.29, 0.717) is 42.8 Å². The molecular weight excluding hydrogens is 388 g/mol. The summed E-state index contributed by atoms with van der Waals surface area (Å²) in [5.41, 5.74) is 0.308. The van der Waals surface area contributed by atoms with E-state index in [9.17, 15) is 13.2 Å². The topological polar surface area (TPSA) is 75.7 Å². The molecule has 0 aliphatic carbocycles. The zero-order chi connectivity index (χ0) is 21.4. The molecule has 1 heterocycles. The van der Waals surface area contributed by atoms with Gasteiger partial charge in [0, 0.05) is 19.6 Å². The summed E-state index contributed by atoms with van der Waals surface area (Å²) in [6.45, 7) is 8.19. The molecule has 0 spiro atoms. The number of unbranched alkanes of at least 4 members (excludes halogenated alkanes) is 1. The van der Waals surface area contributed by atoms with Crippen molar-refractivity contribution in [2.24, 2.45) is 11.8 Å². The third-order valence-corrected chi connectivity index (χ3v) is 7.31. The van der Waals surface area contributed by atoms with Crippen molar-refractivity contribution >= 4 is 15.9 Å². The lowest BCUT2D eigenvalue weighted by atomic mass is 9.98. The van der Waals surface area contributed by atoms with Gasteiger partial charge in [-0.1, -0.05) is 40.0 Å². The Morgan fingerprint density at radius 1 is 1.28 bits per heavy atom. The molecular formula is C22H36N2O4S. The molecule has 164 valence electrons. The highest BCUT2D eigenvalue weighted by molar-refractivity contribution is 7.89. The zero-order valence-corrected chi connectivity index (χ0v) is 19.1. The van der Waals surface area contributed by atoms with Gasteiger partial charge in [-0.15, -0.1) is 0 Å². The number of benzene rings is 1. The molecule has 6 nitrogen and oxygen atoms in total. The fourth-order valence-corrected chi connectivity index (χ4v) is 4.80. The molecule has 0 aromatic heterocycles. The molecule has 0 radical (unpaired) electrons. The second-order valence-electron chi connectivity index (χ2n) is 8.11. The van der Waals surface area contributed by atoms with E-state index in [-0.39, 0.29) is 10.8 Å². The van der Waals surface area contributed by atoms with Crippen LogP contribution in [0, 0.1) is 11.8 Å². The van der Waals surface area contributed by atoms with Crippen LogP contribution in [0.2, 0.25) is 0 Å². The number of carbonyl (C=O) groups is 1. The Morgan fingerprint density at radius 2 is 1.97 bits per heavy atom. The standard InChI is InChI=1S/C22H36N2O4S/c1-5-7-8-18(6-2)16-23-29(26,27)19-9-10-21(28-4)20(15-19)22(25)24-13-11-17(3)12-14-24/h9-10,15,17-18,23H,5-8,11-14,16H2,1-4H3. The number of ether oxygens (including phenoxy) is 1. The average molecular weight is 425 g/mol. The van der Waals surface area contributed by atoms with Gasteiger partial charge < -0.3 is 9.64 Å².